The van der Waals surface area contributed by atoms with Crippen LogP contribution in [0.1, 0.15) is 18.5 Å². The van der Waals surface area contributed by atoms with Crippen LogP contribution in [0.3, 0.4) is 0 Å². The summed E-state index contributed by atoms with van der Waals surface area (Å²) in [5, 5.41) is 2.86. The molecule has 2 N–H and O–H groups in total. The predicted molar refractivity (Wildman–Crippen MR) is 91.4 cm³/mol. The van der Waals surface area contributed by atoms with Crippen LogP contribution in [0.25, 0.3) is 0 Å². The molecule has 1 fully saturated rings. The van der Waals surface area contributed by atoms with Crippen molar-refractivity contribution < 1.29 is 13.2 Å². The third-order valence-electron chi connectivity index (χ3n) is 3.36. The predicted octanol–water partition coefficient (Wildman–Crippen LogP) is 2.22. The molecule has 0 radical (unpaired) electrons. The van der Waals surface area contributed by atoms with Gasteiger partial charge in [0.1, 0.15) is 0 Å². The summed E-state index contributed by atoms with van der Waals surface area (Å²) in [6, 6.07) is 8.35. The fraction of sp³-hybridized carbons (Fsp3) is 0.267. The molecule has 0 aliphatic heterocycles. The van der Waals surface area contributed by atoms with Crippen molar-refractivity contribution >= 4 is 39.2 Å². The topological polar surface area (TPSA) is 101 Å². The van der Waals surface area contributed by atoms with E-state index in [1.54, 1.807) is 30.3 Å². The maximum Gasteiger partial charge on any atom is 0.237 e. The summed E-state index contributed by atoms with van der Waals surface area (Å²) >= 11 is 5.86. The van der Waals surface area contributed by atoms with Crippen molar-refractivity contribution in [2.45, 2.75) is 24.5 Å². The number of aromatic nitrogens is 2. The quantitative estimate of drug-likeness (QED) is 0.816. The van der Waals surface area contributed by atoms with Gasteiger partial charge in [-0.2, -0.15) is 0 Å². The lowest BCUT2D eigenvalue weighted by atomic mass is 10.2. The molecule has 0 atom stereocenters. The first-order chi connectivity index (χ1) is 11.4. The highest BCUT2D eigenvalue weighted by Crippen LogP contribution is 2.28. The molecule has 1 aromatic carbocycles. The maximum atomic E-state index is 12.1. The molecule has 1 saturated carbocycles. The largest absolute Gasteiger partial charge is 0.326 e. The number of hydrogen-bond donors (Lipinski definition) is 2. The zero-order valence-electron chi connectivity index (χ0n) is 12.6. The molecule has 1 heterocycles. The molecule has 0 spiro atoms. The number of hydrogen-bond acceptors (Lipinski definition) is 5. The smallest absolute Gasteiger partial charge is 0.237 e. The van der Waals surface area contributed by atoms with Gasteiger partial charge in [0.05, 0.1) is 17.4 Å². The Morgan fingerprint density at radius 2 is 2.08 bits per heavy atom. The van der Waals surface area contributed by atoms with Crippen LogP contribution < -0.4 is 10.0 Å². The number of anilines is 2. The number of halogens is 1. The van der Waals surface area contributed by atoms with Gasteiger partial charge in [-0.3, -0.25) is 9.52 Å². The fourth-order valence-corrected chi connectivity index (χ4v) is 3.53. The molecule has 24 heavy (non-hydrogen) atoms. The monoisotopic (exact) mass is 366 g/mol. The SMILES string of the molecule is O=C(Cc1ccnc(NS(=O)(=O)C2CC2)n1)Nc1cccc(Cl)c1. The molecule has 126 valence electrons. The van der Waals surface area contributed by atoms with Crippen LogP contribution in [-0.2, 0) is 21.2 Å². The van der Waals surface area contributed by atoms with Gasteiger partial charge in [0.25, 0.3) is 0 Å². The van der Waals surface area contributed by atoms with E-state index in [1.165, 1.54) is 6.20 Å². The van der Waals surface area contributed by atoms with Gasteiger partial charge in [-0.25, -0.2) is 18.4 Å². The van der Waals surface area contributed by atoms with E-state index in [4.69, 9.17) is 11.6 Å². The van der Waals surface area contributed by atoms with Crippen molar-refractivity contribution in [2.75, 3.05) is 10.0 Å². The highest BCUT2D eigenvalue weighted by Gasteiger charge is 2.36. The van der Waals surface area contributed by atoms with Crippen LogP contribution in [0, 0.1) is 0 Å². The standard InChI is InChI=1S/C15H15ClN4O3S/c16-10-2-1-3-11(8-10)18-14(21)9-12-6-7-17-15(19-12)20-24(22,23)13-4-5-13/h1-3,6-8,13H,4-5,9H2,(H,18,21)(H,17,19,20). The second-order valence-electron chi connectivity index (χ2n) is 5.45. The summed E-state index contributed by atoms with van der Waals surface area (Å²) in [6.07, 6.45) is 2.71. The van der Waals surface area contributed by atoms with Crippen molar-refractivity contribution in [2.24, 2.45) is 0 Å². The van der Waals surface area contributed by atoms with Gasteiger partial charge in [0.2, 0.25) is 21.9 Å². The number of rotatable bonds is 6. The summed E-state index contributed by atoms with van der Waals surface area (Å²) in [6.45, 7) is 0. The van der Waals surface area contributed by atoms with Crippen LogP contribution in [0.4, 0.5) is 11.6 Å². The van der Waals surface area contributed by atoms with E-state index in [1.807, 2.05) is 0 Å². The van der Waals surface area contributed by atoms with Gasteiger partial charge in [-0.15, -0.1) is 0 Å². The number of carbonyl (C=O) groups is 1. The minimum Gasteiger partial charge on any atom is -0.326 e. The van der Waals surface area contributed by atoms with E-state index in [9.17, 15) is 13.2 Å². The Labute approximate surface area is 144 Å². The molecule has 1 amide bonds. The van der Waals surface area contributed by atoms with Gasteiger partial charge in [0, 0.05) is 16.9 Å². The summed E-state index contributed by atoms with van der Waals surface area (Å²) in [4.78, 5) is 20.0. The van der Waals surface area contributed by atoms with Gasteiger partial charge < -0.3 is 5.32 Å². The summed E-state index contributed by atoms with van der Waals surface area (Å²) in [7, 11) is -3.43. The second kappa shape index (κ2) is 6.74. The molecule has 0 saturated heterocycles. The lowest BCUT2D eigenvalue weighted by Crippen LogP contribution is -2.20. The summed E-state index contributed by atoms with van der Waals surface area (Å²) < 4.78 is 26.1. The molecule has 1 aromatic heterocycles. The van der Waals surface area contributed by atoms with Crippen molar-refractivity contribution in [3.05, 3.63) is 47.2 Å². The molecule has 0 bridgehead atoms. The van der Waals surface area contributed by atoms with Crippen LogP contribution in [0.15, 0.2) is 36.5 Å². The van der Waals surface area contributed by atoms with Crippen molar-refractivity contribution in [1.29, 1.82) is 0 Å². The van der Waals surface area contributed by atoms with Crippen LogP contribution in [-0.4, -0.2) is 29.5 Å². The third kappa shape index (κ3) is 4.42. The molecular formula is C15H15ClN4O3S. The highest BCUT2D eigenvalue weighted by molar-refractivity contribution is 7.93. The fourth-order valence-electron chi connectivity index (χ4n) is 2.07. The molecule has 1 aliphatic carbocycles. The van der Waals surface area contributed by atoms with E-state index in [-0.39, 0.29) is 23.5 Å². The Morgan fingerprint density at radius 1 is 1.29 bits per heavy atom. The zero-order chi connectivity index (χ0) is 17.2. The Morgan fingerprint density at radius 3 is 2.79 bits per heavy atom. The van der Waals surface area contributed by atoms with E-state index in [0.717, 1.165) is 0 Å². The second-order valence-corrected chi connectivity index (χ2v) is 7.85. The Bertz CT molecular complexity index is 869. The normalized spacial score (nSPS) is 14.2. The molecule has 3 rings (SSSR count). The zero-order valence-corrected chi connectivity index (χ0v) is 14.1. The van der Waals surface area contributed by atoms with E-state index in [2.05, 4.69) is 20.0 Å². The summed E-state index contributed by atoms with van der Waals surface area (Å²) in [5.41, 5.74) is 0.995. The third-order valence-corrected chi connectivity index (χ3v) is 5.41. The molecule has 9 heteroatoms. The molecule has 7 nitrogen and oxygen atoms in total. The first-order valence-electron chi connectivity index (χ1n) is 7.31. The maximum absolute atomic E-state index is 12.1. The van der Waals surface area contributed by atoms with E-state index in [0.29, 0.717) is 29.2 Å². The van der Waals surface area contributed by atoms with Crippen LogP contribution in [0.2, 0.25) is 5.02 Å². The first kappa shape index (κ1) is 16.7. The number of amides is 1. The van der Waals surface area contributed by atoms with Crippen LogP contribution in [0.5, 0.6) is 0 Å². The number of nitrogens with one attached hydrogen (secondary N) is 2. The van der Waals surface area contributed by atoms with Gasteiger partial charge >= 0.3 is 0 Å². The van der Waals surface area contributed by atoms with E-state index >= 15 is 0 Å². The Hall–Kier alpha value is -2.19. The summed E-state index contributed by atoms with van der Waals surface area (Å²) in [5.74, 6) is -0.304. The number of benzene rings is 1. The molecule has 0 unspecified atom stereocenters. The molecule has 1 aliphatic rings. The average molecular weight is 367 g/mol. The minimum atomic E-state index is -3.43. The van der Waals surface area contributed by atoms with Gasteiger partial charge in [0.15, 0.2) is 0 Å². The van der Waals surface area contributed by atoms with Gasteiger partial charge in [-0.05, 0) is 37.1 Å². The highest BCUT2D eigenvalue weighted by atomic mass is 35.5. The van der Waals surface area contributed by atoms with E-state index < -0.39 is 10.0 Å². The lowest BCUT2D eigenvalue weighted by molar-refractivity contribution is -0.115. The number of carbonyl (C=O) groups excluding carboxylic acids is 1. The van der Waals surface area contributed by atoms with Crippen molar-refractivity contribution in [1.82, 2.24) is 9.97 Å². The number of nitrogens with zero attached hydrogens (tertiary/aromatic N) is 2. The van der Waals surface area contributed by atoms with Crippen molar-refractivity contribution in [3.63, 3.8) is 0 Å². The minimum absolute atomic E-state index is 0.00676. The number of sulfonamides is 1. The molecule has 2 aromatic rings. The average Bonchev–Trinajstić information content (AvgIpc) is 3.32. The van der Waals surface area contributed by atoms with Crippen LogP contribution >= 0.6 is 11.6 Å². The lowest BCUT2D eigenvalue weighted by Gasteiger charge is -2.07. The Kier molecular flexibility index (Phi) is 4.68. The first-order valence-corrected chi connectivity index (χ1v) is 9.24. The van der Waals surface area contributed by atoms with Gasteiger partial charge in [-0.1, -0.05) is 17.7 Å². The van der Waals surface area contributed by atoms with Crippen molar-refractivity contribution in [3.8, 4) is 0 Å². The molecular weight excluding hydrogens is 352 g/mol. The Balaban J connectivity index is 1.64.